The molecule has 0 unspecified atom stereocenters. The summed E-state index contributed by atoms with van der Waals surface area (Å²) in [6.07, 6.45) is 1.53. The number of carbonyl (C=O) groups is 1. The Balaban J connectivity index is 2.84. The average molecular weight is 295 g/mol. The van der Waals surface area contributed by atoms with Crippen LogP contribution < -0.4 is 5.73 Å². The number of likely N-dealkylation sites (N-methyl/N-ethyl adjacent to an activating group) is 1. The Morgan fingerprint density at radius 3 is 2.38 bits per heavy atom. The number of aromatic nitrogens is 2. The molecular formula is C15H29N5O. The number of carbonyl (C=O) groups excluding carboxylic acids is 1. The van der Waals surface area contributed by atoms with Gasteiger partial charge in [-0.15, -0.1) is 0 Å². The zero-order valence-electron chi connectivity index (χ0n) is 14.0. The first-order chi connectivity index (χ1) is 9.90. The van der Waals surface area contributed by atoms with Gasteiger partial charge in [-0.05, 0) is 19.0 Å². The van der Waals surface area contributed by atoms with Crippen molar-refractivity contribution >= 4 is 11.6 Å². The van der Waals surface area contributed by atoms with Gasteiger partial charge in [0.1, 0.15) is 5.69 Å². The van der Waals surface area contributed by atoms with E-state index in [0.717, 1.165) is 26.2 Å². The van der Waals surface area contributed by atoms with E-state index in [1.165, 1.54) is 6.20 Å². The van der Waals surface area contributed by atoms with Gasteiger partial charge in [-0.3, -0.25) is 9.48 Å². The average Bonchev–Trinajstić information content (AvgIpc) is 2.76. The van der Waals surface area contributed by atoms with Crippen molar-refractivity contribution in [3.63, 3.8) is 0 Å². The summed E-state index contributed by atoms with van der Waals surface area (Å²) in [5.74, 6) is 0.383. The van der Waals surface area contributed by atoms with Crippen LogP contribution in [0, 0.1) is 5.92 Å². The van der Waals surface area contributed by atoms with E-state index in [4.69, 9.17) is 5.73 Å². The third kappa shape index (κ3) is 4.74. The highest BCUT2D eigenvalue weighted by Gasteiger charge is 2.22. The molecule has 6 heteroatoms. The number of hydrogen-bond acceptors (Lipinski definition) is 4. The molecule has 1 aromatic heterocycles. The summed E-state index contributed by atoms with van der Waals surface area (Å²) in [5, 5.41) is 4.06. The van der Waals surface area contributed by atoms with Gasteiger partial charge in [-0.1, -0.05) is 27.7 Å². The van der Waals surface area contributed by atoms with E-state index in [0.29, 0.717) is 23.8 Å². The van der Waals surface area contributed by atoms with Crippen LogP contribution in [-0.4, -0.2) is 58.2 Å². The van der Waals surface area contributed by atoms with E-state index in [2.05, 4.69) is 37.7 Å². The number of nitrogen functional groups attached to an aromatic ring is 1. The molecule has 0 spiro atoms. The van der Waals surface area contributed by atoms with Crippen molar-refractivity contribution in [2.75, 3.05) is 38.5 Å². The number of hydrogen-bond donors (Lipinski definition) is 1. The SMILES string of the molecule is CCN(CC)CCN(CC(C)C)C(=O)c1c(N)cnn1C. The predicted molar refractivity (Wildman–Crippen MR) is 86.1 cm³/mol. The second kappa shape index (κ2) is 8.02. The van der Waals surface area contributed by atoms with Gasteiger partial charge < -0.3 is 15.5 Å². The molecule has 1 heterocycles. The molecule has 0 fully saturated rings. The quantitative estimate of drug-likeness (QED) is 0.788. The zero-order valence-corrected chi connectivity index (χ0v) is 14.0. The van der Waals surface area contributed by atoms with Gasteiger partial charge in [0.25, 0.3) is 5.91 Å². The molecular weight excluding hydrogens is 266 g/mol. The topological polar surface area (TPSA) is 67.4 Å². The first-order valence-electron chi connectivity index (χ1n) is 7.69. The van der Waals surface area contributed by atoms with Gasteiger partial charge >= 0.3 is 0 Å². The fourth-order valence-electron chi connectivity index (χ4n) is 2.38. The highest BCUT2D eigenvalue weighted by molar-refractivity contribution is 5.97. The molecule has 0 aliphatic rings. The third-order valence-electron chi connectivity index (χ3n) is 3.62. The van der Waals surface area contributed by atoms with E-state index >= 15 is 0 Å². The van der Waals surface area contributed by atoms with Gasteiger partial charge in [0.05, 0.1) is 11.9 Å². The highest BCUT2D eigenvalue weighted by Crippen LogP contribution is 2.14. The van der Waals surface area contributed by atoms with Crippen molar-refractivity contribution in [3.8, 4) is 0 Å². The summed E-state index contributed by atoms with van der Waals surface area (Å²) < 4.78 is 1.56. The highest BCUT2D eigenvalue weighted by atomic mass is 16.2. The minimum absolute atomic E-state index is 0.0339. The first kappa shape index (κ1) is 17.5. The Bertz CT molecular complexity index is 431. The summed E-state index contributed by atoms with van der Waals surface area (Å²) in [5.41, 5.74) is 6.80. The van der Waals surface area contributed by atoms with Gasteiger partial charge in [0.15, 0.2) is 0 Å². The smallest absolute Gasteiger partial charge is 0.274 e. The molecule has 1 aromatic rings. The van der Waals surface area contributed by atoms with Crippen LogP contribution in [0.15, 0.2) is 6.20 Å². The molecule has 6 nitrogen and oxygen atoms in total. The number of nitrogens with zero attached hydrogens (tertiary/aromatic N) is 4. The van der Waals surface area contributed by atoms with E-state index in [9.17, 15) is 4.79 Å². The zero-order chi connectivity index (χ0) is 16.0. The Morgan fingerprint density at radius 1 is 1.33 bits per heavy atom. The van der Waals surface area contributed by atoms with Gasteiger partial charge in [-0.25, -0.2) is 0 Å². The van der Waals surface area contributed by atoms with Crippen LogP contribution in [0.3, 0.4) is 0 Å². The second-order valence-corrected chi connectivity index (χ2v) is 5.74. The molecule has 2 N–H and O–H groups in total. The van der Waals surface area contributed by atoms with Crippen molar-refractivity contribution < 1.29 is 4.79 Å². The van der Waals surface area contributed by atoms with Gasteiger partial charge in [-0.2, -0.15) is 5.10 Å². The van der Waals surface area contributed by atoms with Crippen LogP contribution in [0.4, 0.5) is 5.69 Å². The molecule has 0 saturated heterocycles. The predicted octanol–water partition coefficient (Wildman–Crippen LogP) is 1.44. The molecule has 0 atom stereocenters. The van der Waals surface area contributed by atoms with Gasteiger partial charge in [0, 0.05) is 26.7 Å². The molecule has 21 heavy (non-hydrogen) atoms. The lowest BCUT2D eigenvalue weighted by atomic mass is 10.2. The largest absolute Gasteiger partial charge is 0.396 e. The summed E-state index contributed by atoms with van der Waals surface area (Å²) >= 11 is 0. The molecule has 0 aliphatic carbocycles. The van der Waals surface area contributed by atoms with E-state index in [-0.39, 0.29) is 5.91 Å². The van der Waals surface area contributed by atoms with Crippen LogP contribution in [0.2, 0.25) is 0 Å². The number of amides is 1. The Morgan fingerprint density at radius 2 is 1.95 bits per heavy atom. The van der Waals surface area contributed by atoms with Crippen LogP contribution in [-0.2, 0) is 7.05 Å². The molecule has 0 aromatic carbocycles. The third-order valence-corrected chi connectivity index (χ3v) is 3.62. The number of rotatable bonds is 8. The Hall–Kier alpha value is -1.56. The molecule has 120 valence electrons. The van der Waals surface area contributed by atoms with E-state index < -0.39 is 0 Å². The van der Waals surface area contributed by atoms with Crippen molar-refractivity contribution in [1.29, 1.82) is 0 Å². The maximum atomic E-state index is 12.7. The Labute approximate surface area is 127 Å². The molecule has 0 bridgehead atoms. The van der Waals surface area contributed by atoms with Crippen molar-refractivity contribution in [3.05, 3.63) is 11.9 Å². The second-order valence-electron chi connectivity index (χ2n) is 5.74. The molecule has 1 rings (SSSR count). The standard InChI is InChI=1S/C15H29N5O/c1-6-19(7-2)8-9-20(11-12(3)4)15(21)14-13(16)10-17-18(14)5/h10,12H,6-9,11,16H2,1-5H3. The van der Waals surface area contributed by atoms with Crippen molar-refractivity contribution in [2.45, 2.75) is 27.7 Å². The monoisotopic (exact) mass is 295 g/mol. The first-order valence-corrected chi connectivity index (χ1v) is 7.69. The summed E-state index contributed by atoms with van der Waals surface area (Å²) in [6.45, 7) is 12.8. The lowest BCUT2D eigenvalue weighted by molar-refractivity contribution is 0.0706. The van der Waals surface area contributed by atoms with Crippen LogP contribution in [0.5, 0.6) is 0 Å². The number of anilines is 1. The number of aryl methyl sites for hydroxylation is 1. The molecule has 0 radical (unpaired) electrons. The van der Waals surface area contributed by atoms with E-state index in [1.54, 1.807) is 11.7 Å². The maximum Gasteiger partial charge on any atom is 0.274 e. The van der Waals surface area contributed by atoms with Gasteiger partial charge in [0.2, 0.25) is 0 Å². The van der Waals surface area contributed by atoms with Crippen LogP contribution >= 0.6 is 0 Å². The summed E-state index contributed by atoms with van der Waals surface area (Å²) in [6, 6.07) is 0. The van der Waals surface area contributed by atoms with Crippen molar-refractivity contribution in [1.82, 2.24) is 19.6 Å². The molecule has 0 aliphatic heterocycles. The lowest BCUT2D eigenvalue weighted by Gasteiger charge is -2.28. The molecule has 1 amide bonds. The maximum absolute atomic E-state index is 12.7. The van der Waals surface area contributed by atoms with Crippen LogP contribution in [0.25, 0.3) is 0 Å². The minimum Gasteiger partial charge on any atom is -0.396 e. The lowest BCUT2D eigenvalue weighted by Crippen LogP contribution is -2.41. The minimum atomic E-state index is -0.0339. The molecule has 0 saturated carbocycles. The fourth-order valence-corrected chi connectivity index (χ4v) is 2.38. The van der Waals surface area contributed by atoms with Crippen molar-refractivity contribution in [2.24, 2.45) is 13.0 Å². The van der Waals surface area contributed by atoms with Crippen LogP contribution in [0.1, 0.15) is 38.2 Å². The Kier molecular flexibility index (Phi) is 6.68. The fraction of sp³-hybridized carbons (Fsp3) is 0.733. The summed E-state index contributed by atoms with van der Waals surface area (Å²) in [4.78, 5) is 16.9. The summed E-state index contributed by atoms with van der Waals surface area (Å²) in [7, 11) is 1.75. The van der Waals surface area contributed by atoms with E-state index in [1.807, 2.05) is 4.90 Å². The normalized spacial score (nSPS) is 11.4. The number of nitrogens with two attached hydrogens (primary N) is 1.